The van der Waals surface area contributed by atoms with Crippen LogP contribution in [0.15, 0.2) is 65.9 Å². The number of hydrogen-bond donors (Lipinski definition) is 2. The average Bonchev–Trinajstić information content (AvgIpc) is 3.12. The van der Waals surface area contributed by atoms with Gasteiger partial charge in [0.05, 0.1) is 31.9 Å². The van der Waals surface area contributed by atoms with Crippen LogP contribution in [0.1, 0.15) is 17.2 Å². The highest BCUT2D eigenvalue weighted by molar-refractivity contribution is 6.14. The number of methoxy groups -OCH3 is 1. The van der Waals surface area contributed by atoms with Gasteiger partial charge < -0.3 is 24.6 Å². The lowest BCUT2D eigenvalue weighted by Crippen LogP contribution is -2.43. The fourth-order valence-electron chi connectivity index (χ4n) is 4.25. The summed E-state index contributed by atoms with van der Waals surface area (Å²) in [6.07, 6.45) is 3.02. The molecule has 1 unspecified atom stereocenters. The number of aliphatic hydroxyl groups is 1. The van der Waals surface area contributed by atoms with Gasteiger partial charge in [-0.25, -0.2) is 0 Å². The Morgan fingerprint density at radius 3 is 2.56 bits per heavy atom. The van der Waals surface area contributed by atoms with Gasteiger partial charge in [-0.05, 0) is 29.3 Å². The molecule has 2 aliphatic heterocycles. The van der Waals surface area contributed by atoms with Gasteiger partial charge in [-0.2, -0.15) is 0 Å². The third kappa shape index (κ3) is 4.98. The first kappa shape index (κ1) is 23.5. The molecule has 8 nitrogen and oxygen atoms in total. The van der Waals surface area contributed by atoms with Crippen LogP contribution in [0.5, 0.6) is 11.5 Å². The number of aromatic hydroxyl groups is 1. The van der Waals surface area contributed by atoms with E-state index in [1.165, 1.54) is 24.2 Å². The minimum atomic E-state index is -0.809. The Labute approximate surface area is 198 Å². The molecule has 0 bridgehead atoms. The van der Waals surface area contributed by atoms with Crippen molar-refractivity contribution in [1.29, 1.82) is 0 Å². The van der Waals surface area contributed by atoms with Gasteiger partial charge in [0.2, 0.25) is 0 Å². The Morgan fingerprint density at radius 1 is 1.12 bits per heavy atom. The highest BCUT2D eigenvalue weighted by atomic mass is 16.5. The predicted molar refractivity (Wildman–Crippen MR) is 127 cm³/mol. The molecule has 1 atom stereocenters. The molecule has 0 spiro atoms. The molecule has 4 rings (SSSR count). The number of aliphatic hydroxyl groups excluding tert-OH is 1. The second-order valence-corrected chi connectivity index (χ2v) is 8.16. The zero-order valence-electron chi connectivity index (χ0n) is 19.0. The highest BCUT2D eigenvalue weighted by Gasteiger charge is 2.43. The largest absolute Gasteiger partial charge is 0.504 e. The number of rotatable bonds is 8. The summed E-state index contributed by atoms with van der Waals surface area (Å²) >= 11 is 0. The van der Waals surface area contributed by atoms with Gasteiger partial charge in [0.15, 0.2) is 23.0 Å². The zero-order valence-corrected chi connectivity index (χ0v) is 19.0. The van der Waals surface area contributed by atoms with Gasteiger partial charge in [0.1, 0.15) is 0 Å². The molecule has 2 aromatic carbocycles. The van der Waals surface area contributed by atoms with Crippen molar-refractivity contribution in [2.75, 3.05) is 46.5 Å². The molecule has 0 aliphatic carbocycles. The number of phenolic OH excluding ortho intramolecular Hbond substituents is 1. The summed E-state index contributed by atoms with van der Waals surface area (Å²) in [5.41, 5.74) is 1.39. The topological polar surface area (TPSA) is 99.5 Å². The quantitative estimate of drug-likeness (QED) is 0.580. The lowest BCUT2D eigenvalue weighted by atomic mass is 9.95. The number of benzene rings is 2. The minimum Gasteiger partial charge on any atom is -0.504 e. The summed E-state index contributed by atoms with van der Waals surface area (Å²) in [5, 5.41) is 20.8. The standard InChI is InChI=1S/C26H28N2O6/c1-33-22-17-19(8-10-20(22)29)24-23(21(30)9-7-18-5-3-2-4-6-18)25(31)26(32)28(24)12-11-27-13-15-34-16-14-27/h2-10,17,24,29,31H,11-16H2,1H3. The van der Waals surface area contributed by atoms with Crippen molar-refractivity contribution < 1.29 is 29.3 Å². The summed E-state index contributed by atoms with van der Waals surface area (Å²) < 4.78 is 10.6. The van der Waals surface area contributed by atoms with Crippen LogP contribution < -0.4 is 4.74 Å². The van der Waals surface area contributed by atoms with Gasteiger partial charge >= 0.3 is 0 Å². The Kier molecular flexibility index (Phi) is 7.30. The molecule has 1 fully saturated rings. The van der Waals surface area contributed by atoms with E-state index in [9.17, 15) is 19.8 Å². The first-order valence-corrected chi connectivity index (χ1v) is 11.2. The van der Waals surface area contributed by atoms with Crippen molar-refractivity contribution in [2.24, 2.45) is 0 Å². The van der Waals surface area contributed by atoms with E-state index in [-0.39, 0.29) is 17.1 Å². The molecule has 2 heterocycles. The van der Waals surface area contributed by atoms with Gasteiger partial charge in [-0.15, -0.1) is 0 Å². The second-order valence-electron chi connectivity index (χ2n) is 8.16. The van der Waals surface area contributed by atoms with Crippen LogP contribution in [0.4, 0.5) is 0 Å². The molecule has 1 saturated heterocycles. The van der Waals surface area contributed by atoms with Crippen LogP contribution in [-0.4, -0.2) is 78.2 Å². The molecule has 34 heavy (non-hydrogen) atoms. The minimum absolute atomic E-state index is 0.00639. The van der Waals surface area contributed by atoms with E-state index in [1.54, 1.807) is 18.2 Å². The molecule has 0 saturated carbocycles. The van der Waals surface area contributed by atoms with Crippen molar-refractivity contribution in [3.63, 3.8) is 0 Å². The lowest BCUT2D eigenvalue weighted by Gasteiger charge is -2.31. The summed E-state index contributed by atoms with van der Waals surface area (Å²) in [6.45, 7) is 3.66. The third-order valence-corrected chi connectivity index (χ3v) is 6.08. The van der Waals surface area contributed by atoms with Crippen LogP contribution in [0.3, 0.4) is 0 Å². The maximum Gasteiger partial charge on any atom is 0.290 e. The summed E-state index contributed by atoms with van der Waals surface area (Å²) in [5.74, 6) is -1.44. The maximum atomic E-state index is 13.2. The number of carbonyl (C=O) groups excluding carboxylic acids is 2. The maximum absolute atomic E-state index is 13.2. The molecule has 178 valence electrons. The van der Waals surface area contributed by atoms with E-state index in [2.05, 4.69) is 4.90 Å². The molecular weight excluding hydrogens is 436 g/mol. The molecule has 2 aliphatic rings. The normalized spacial score (nSPS) is 19.3. The monoisotopic (exact) mass is 464 g/mol. The SMILES string of the molecule is COc1cc(C2C(C(=O)C=Cc3ccccc3)=C(O)C(=O)N2CCN2CCOCC2)ccc1O. The number of amides is 1. The molecule has 2 aromatic rings. The number of nitrogens with zero attached hydrogens (tertiary/aromatic N) is 2. The van der Waals surface area contributed by atoms with Crippen LogP contribution in [0, 0.1) is 0 Å². The van der Waals surface area contributed by atoms with Crippen LogP contribution in [-0.2, 0) is 14.3 Å². The molecule has 0 radical (unpaired) electrons. The number of ketones is 1. The summed E-state index contributed by atoms with van der Waals surface area (Å²) in [6, 6.07) is 13.2. The number of morpholine rings is 1. The van der Waals surface area contributed by atoms with Crippen LogP contribution >= 0.6 is 0 Å². The van der Waals surface area contributed by atoms with E-state index in [1.807, 2.05) is 30.3 Å². The molecular formula is C26H28N2O6. The van der Waals surface area contributed by atoms with E-state index < -0.39 is 23.5 Å². The number of phenols is 1. The Morgan fingerprint density at radius 2 is 1.85 bits per heavy atom. The van der Waals surface area contributed by atoms with Gasteiger partial charge in [0.25, 0.3) is 5.91 Å². The Hall–Kier alpha value is -3.62. The van der Waals surface area contributed by atoms with E-state index in [0.717, 1.165) is 18.7 Å². The van der Waals surface area contributed by atoms with Crippen molar-refractivity contribution in [2.45, 2.75) is 6.04 Å². The van der Waals surface area contributed by atoms with E-state index in [0.29, 0.717) is 31.9 Å². The number of carbonyl (C=O) groups is 2. The Balaban J connectivity index is 1.66. The second kappa shape index (κ2) is 10.5. The van der Waals surface area contributed by atoms with Crippen molar-refractivity contribution in [3.05, 3.63) is 77.1 Å². The summed E-state index contributed by atoms with van der Waals surface area (Å²) in [4.78, 5) is 30.0. The smallest absolute Gasteiger partial charge is 0.290 e. The average molecular weight is 465 g/mol. The molecule has 2 N–H and O–H groups in total. The van der Waals surface area contributed by atoms with Gasteiger partial charge in [-0.3, -0.25) is 14.5 Å². The third-order valence-electron chi connectivity index (χ3n) is 6.08. The van der Waals surface area contributed by atoms with E-state index in [4.69, 9.17) is 9.47 Å². The molecule has 0 aromatic heterocycles. The van der Waals surface area contributed by atoms with Crippen LogP contribution in [0.2, 0.25) is 0 Å². The van der Waals surface area contributed by atoms with Crippen molar-refractivity contribution >= 4 is 17.8 Å². The van der Waals surface area contributed by atoms with Crippen molar-refractivity contribution in [3.8, 4) is 11.5 Å². The van der Waals surface area contributed by atoms with Crippen LogP contribution in [0.25, 0.3) is 6.08 Å². The van der Waals surface area contributed by atoms with E-state index >= 15 is 0 Å². The first-order chi connectivity index (χ1) is 16.5. The zero-order chi connectivity index (χ0) is 24.1. The highest BCUT2D eigenvalue weighted by Crippen LogP contribution is 2.40. The summed E-state index contributed by atoms with van der Waals surface area (Å²) in [7, 11) is 1.43. The predicted octanol–water partition coefficient (Wildman–Crippen LogP) is 2.71. The van der Waals surface area contributed by atoms with Gasteiger partial charge in [0, 0.05) is 26.2 Å². The van der Waals surface area contributed by atoms with Gasteiger partial charge in [-0.1, -0.05) is 42.5 Å². The number of allylic oxidation sites excluding steroid dienone is 1. The number of hydrogen-bond acceptors (Lipinski definition) is 7. The molecule has 1 amide bonds. The van der Waals surface area contributed by atoms with Crippen molar-refractivity contribution in [1.82, 2.24) is 9.80 Å². The lowest BCUT2D eigenvalue weighted by molar-refractivity contribution is -0.129. The number of ether oxygens (including phenoxy) is 2. The molecule has 8 heteroatoms. The first-order valence-electron chi connectivity index (χ1n) is 11.2. The Bertz CT molecular complexity index is 1110. The fourth-order valence-corrected chi connectivity index (χ4v) is 4.25. The fraction of sp³-hybridized carbons (Fsp3) is 0.308.